The Hall–Kier alpha value is -1.56. The first-order valence-electron chi connectivity index (χ1n) is 4.54. The normalized spacial score (nSPS) is 16.9. The van der Waals surface area contributed by atoms with Crippen LogP contribution in [0.2, 0.25) is 0 Å². The highest BCUT2D eigenvalue weighted by Crippen LogP contribution is 2.32. The largest absolute Gasteiger partial charge is 0.416 e. The van der Waals surface area contributed by atoms with Crippen LogP contribution in [-0.2, 0) is 15.7 Å². The Kier molecular flexibility index (Phi) is 2.59. The average molecular weight is 231 g/mol. The lowest BCUT2D eigenvalue weighted by atomic mass is 10.2. The van der Waals surface area contributed by atoms with Crippen molar-refractivity contribution < 1.29 is 22.7 Å². The minimum Gasteiger partial charge on any atom is -0.351 e. The fourth-order valence-electron chi connectivity index (χ4n) is 1.44. The molecule has 0 unspecified atom stereocenters. The van der Waals surface area contributed by atoms with Crippen molar-refractivity contribution in [1.82, 2.24) is 0 Å². The van der Waals surface area contributed by atoms with Gasteiger partial charge in [0.05, 0.1) is 5.56 Å². The van der Waals surface area contributed by atoms with E-state index >= 15 is 0 Å². The summed E-state index contributed by atoms with van der Waals surface area (Å²) in [5.74, 6) is -0.334. The van der Waals surface area contributed by atoms with Crippen LogP contribution in [-0.4, -0.2) is 19.2 Å². The summed E-state index contributed by atoms with van der Waals surface area (Å²) in [7, 11) is 0. The fraction of sp³-hybridized carbons (Fsp3) is 0.300. The van der Waals surface area contributed by atoms with Crippen molar-refractivity contribution in [3.8, 4) is 0 Å². The van der Waals surface area contributed by atoms with Gasteiger partial charge in [-0.1, -0.05) is 6.07 Å². The third-order valence-electron chi connectivity index (χ3n) is 2.23. The molecule has 2 rings (SSSR count). The Labute approximate surface area is 89.4 Å². The molecule has 1 heterocycles. The van der Waals surface area contributed by atoms with Crippen molar-refractivity contribution in [2.45, 2.75) is 6.18 Å². The zero-order valence-electron chi connectivity index (χ0n) is 8.12. The first-order valence-corrected chi connectivity index (χ1v) is 4.54. The molecule has 0 aliphatic carbocycles. The van der Waals surface area contributed by atoms with Crippen molar-refractivity contribution in [3.05, 3.63) is 29.8 Å². The van der Waals surface area contributed by atoms with Gasteiger partial charge in [0.15, 0.2) is 0 Å². The van der Waals surface area contributed by atoms with Gasteiger partial charge >= 0.3 is 6.18 Å². The smallest absolute Gasteiger partial charge is 0.351 e. The lowest BCUT2D eigenvalue weighted by molar-refractivity contribution is -0.137. The van der Waals surface area contributed by atoms with Crippen LogP contribution >= 0.6 is 0 Å². The predicted molar refractivity (Wildman–Crippen MR) is 49.7 cm³/mol. The summed E-state index contributed by atoms with van der Waals surface area (Å²) in [6, 6.07) is 4.61. The van der Waals surface area contributed by atoms with E-state index in [2.05, 4.69) is 0 Å². The molecule has 1 aromatic carbocycles. The maximum Gasteiger partial charge on any atom is 0.416 e. The van der Waals surface area contributed by atoms with Gasteiger partial charge in [0.2, 0.25) is 0 Å². The SMILES string of the molecule is O=C1COCN1c1cccc(C(F)(F)F)c1. The quantitative estimate of drug-likeness (QED) is 0.740. The van der Waals surface area contributed by atoms with E-state index in [1.807, 2.05) is 0 Å². The molecule has 0 aromatic heterocycles. The van der Waals surface area contributed by atoms with E-state index in [0.717, 1.165) is 12.1 Å². The van der Waals surface area contributed by atoms with Gasteiger partial charge in [-0.3, -0.25) is 9.69 Å². The zero-order valence-corrected chi connectivity index (χ0v) is 8.12. The van der Waals surface area contributed by atoms with Crippen LogP contribution in [0.5, 0.6) is 0 Å². The van der Waals surface area contributed by atoms with Gasteiger partial charge in [-0.2, -0.15) is 13.2 Å². The summed E-state index contributed by atoms with van der Waals surface area (Å²) < 4.78 is 42.1. The van der Waals surface area contributed by atoms with Crippen LogP contribution < -0.4 is 4.90 Å². The molecule has 1 saturated heterocycles. The van der Waals surface area contributed by atoms with Crippen molar-refractivity contribution in [3.63, 3.8) is 0 Å². The van der Waals surface area contributed by atoms with Gasteiger partial charge in [-0.25, -0.2) is 0 Å². The minimum atomic E-state index is -4.40. The summed E-state index contributed by atoms with van der Waals surface area (Å²) >= 11 is 0. The third kappa shape index (κ3) is 2.01. The lowest BCUT2D eigenvalue weighted by Crippen LogP contribution is -2.25. The molecule has 0 spiro atoms. The number of nitrogens with zero attached hydrogens (tertiary/aromatic N) is 1. The molecule has 1 fully saturated rings. The maximum absolute atomic E-state index is 12.4. The number of hydrogen-bond donors (Lipinski definition) is 0. The van der Waals surface area contributed by atoms with E-state index in [4.69, 9.17) is 4.74 Å². The Morgan fingerprint density at radius 2 is 2.06 bits per heavy atom. The number of rotatable bonds is 1. The van der Waals surface area contributed by atoms with E-state index in [-0.39, 0.29) is 24.9 Å². The van der Waals surface area contributed by atoms with Crippen molar-refractivity contribution in [1.29, 1.82) is 0 Å². The molecule has 1 amide bonds. The number of amides is 1. The standard InChI is InChI=1S/C10H8F3NO2/c11-10(12,13)7-2-1-3-8(4-7)14-6-16-5-9(14)15/h1-4H,5-6H2. The number of hydrogen-bond acceptors (Lipinski definition) is 2. The number of anilines is 1. The third-order valence-corrected chi connectivity index (χ3v) is 2.23. The summed E-state index contributed by atoms with van der Waals surface area (Å²) in [4.78, 5) is 12.4. The zero-order chi connectivity index (χ0) is 11.8. The molecule has 0 radical (unpaired) electrons. The highest BCUT2D eigenvalue weighted by atomic mass is 19.4. The number of halogens is 3. The Morgan fingerprint density at radius 1 is 1.31 bits per heavy atom. The molecule has 0 N–H and O–H groups in total. The molecular weight excluding hydrogens is 223 g/mol. The lowest BCUT2D eigenvalue weighted by Gasteiger charge is -2.15. The Bertz CT molecular complexity index is 417. The average Bonchev–Trinajstić information content (AvgIpc) is 2.63. The minimum absolute atomic E-state index is 0.000143. The second-order valence-corrected chi connectivity index (χ2v) is 3.35. The highest BCUT2D eigenvalue weighted by Gasteiger charge is 2.32. The van der Waals surface area contributed by atoms with Crippen LogP contribution in [0.1, 0.15) is 5.56 Å². The summed E-state index contributed by atoms with van der Waals surface area (Å²) in [6.07, 6.45) is -4.40. The summed E-state index contributed by atoms with van der Waals surface area (Å²) in [5.41, 5.74) is -0.568. The van der Waals surface area contributed by atoms with Gasteiger partial charge < -0.3 is 4.74 Å². The molecule has 3 nitrogen and oxygen atoms in total. The molecule has 16 heavy (non-hydrogen) atoms. The van der Waals surface area contributed by atoms with E-state index in [1.54, 1.807) is 0 Å². The van der Waals surface area contributed by atoms with E-state index in [1.165, 1.54) is 17.0 Å². The van der Waals surface area contributed by atoms with E-state index in [0.29, 0.717) is 0 Å². The number of ether oxygens (including phenoxy) is 1. The monoisotopic (exact) mass is 231 g/mol. The van der Waals surface area contributed by atoms with E-state index < -0.39 is 11.7 Å². The van der Waals surface area contributed by atoms with Crippen LogP contribution in [0.15, 0.2) is 24.3 Å². The highest BCUT2D eigenvalue weighted by molar-refractivity contribution is 5.95. The van der Waals surface area contributed by atoms with Gasteiger partial charge in [0.1, 0.15) is 13.3 Å². The summed E-state index contributed by atoms with van der Waals surface area (Å²) in [6.45, 7) is -0.0869. The van der Waals surface area contributed by atoms with Gasteiger partial charge in [-0.15, -0.1) is 0 Å². The van der Waals surface area contributed by atoms with Crippen LogP contribution in [0.3, 0.4) is 0 Å². The van der Waals surface area contributed by atoms with Crippen molar-refractivity contribution in [2.24, 2.45) is 0 Å². The molecule has 0 atom stereocenters. The molecule has 6 heteroatoms. The maximum atomic E-state index is 12.4. The fourth-order valence-corrected chi connectivity index (χ4v) is 1.44. The molecule has 1 aliphatic rings. The Balaban J connectivity index is 2.32. The number of benzene rings is 1. The van der Waals surface area contributed by atoms with Crippen LogP contribution in [0.4, 0.5) is 18.9 Å². The Morgan fingerprint density at radius 3 is 2.62 bits per heavy atom. The molecule has 1 aromatic rings. The van der Waals surface area contributed by atoms with Crippen LogP contribution in [0.25, 0.3) is 0 Å². The number of alkyl halides is 3. The van der Waals surface area contributed by atoms with Gasteiger partial charge in [0, 0.05) is 5.69 Å². The van der Waals surface area contributed by atoms with Crippen molar-refractivity contribution in [2.75, 3.05) is 18.2 Å². The number of carbonyl (C=O) groups is 1. The molecule has 0 bridgehead atoms. The van der Waals surface area contributed by atoms with Gasteiger partial charge in [-0.05, 0) is 18.2 Å². The van der Waals surface area contributed by atoms with Crippen LogP contribution in [0, 0.1) is 0 Å². The van der Waals surface area contributed by atoms with Crippen molar-refractivity contribution >= 4 is 11.6 Å². The predicted octanol–water partition coefficient (Wildman–Crippen LogP) is 2.03. The second kappa shape index (κ2) is 3.79. The summed E-state index contributed by atoms with van der Waals surface area (Å²) in [5, 5.41) is 0. The molecular formula is C10H8F3NO2. The first kappa shape index (κ1) is 10.9. The number of carbonyl (C=O) groups excluding carboxylic acids is 1. The van der Waals surface area contributed by atoms with Gasteiger partial charge in [0.25, 0.3) is 5.91 Å². The van der Waals surface area contributed by atoms with E-state index in [9.17, 15) is 18.0 Å². The second-order valence-electron chi connectivity index (χ2n) is 3.35. The molecule has 1 aliphatic heterocycles. The molecule has 86 valence electrons. The first-order chi connectivity index (χ1) is 7.48. The topological polar surface area (TPSA) is 29.5 Å². The molecule has 0 saturated carbocycles.